The zero-order chi connectivity index (χ0) is 20.2. The number of benzene rings is 2. The molecule has 0 aliphatic carbocycles. The highest BCUT2D eigenvalue weighted by Crippen LogP contribution is 2.40. The summed E-state index contributed by atoms with van der Waals surface area (Å²) in [5.74, 6) is 1.08. The lowest BCUT2D eigenvalue weighted by molar-refractivity contribution is 0.931. The van der Waals surface area contributed by atoms with Gasteiger partial charge in [-0.05, 0) is 48.0 Å². The summed E-state index contributed by atoms with van der Waals surface area (Å²) >= 11 is 1.93. The third kappa shape index (κ3) is 3.76. The Hall–Kier alpha value is -3.31. The van der Waals surface area contributed by atoms with Crippen molar-refractivity contribution in [3.05, 3.63) is 103 Å². The van der Waals surface area contributed by atoms with Crippen LogP contribution in [0.4, 0.5) is 22.7 Å². The Bertz CT molecular complexity index is 1080. The normalized spacial score (nSPS) is 13.0. The molecule has 1 aliphatic heterocycles. The van der Waals surface area contributed by atoms with Crippen molar-refractivity contribution in [2.75, 3.05) is 22.1 Å². The van der Waals surface area contributed by atoms with Crippen LogP contribution in [0.2, 0.25) is 0 Å². The van der Waals surface area contributed by atoms with Gasteiger partial charge in [-0.2, -0.15) is 0 Å². The van der Waals surface area contributed by atoms with Gasteiger partial charge in [0.1, 0.15) is 0 Å². The average molecular weight is 411 g/mol. The molecule has 1 aliphatic rings. The molecule has 0 spiro atoms. The van der Waals surface area contributed by atoms with Crippen LogP contribution in [0.25, 0.3) is 0 Å². The molecular formula is C25H22N4S. The van der Waals surface area contributed by atoms with E-state index < -0.39 is 0 Å². The second-order valence-electron chi connectivity index (χ2n) is 7.11. The first-order chi connectivity index (χ1) is 14.9. The highest BCUT2D eigenvalue weighted by molar-refractivity contribution is 7.99. The molecule has 0 fully saturated rings. The van der Waals surface area contributed by atoms with Gasteiger partial charge in [0.2, 0.25) is 0 Å². The Morgan fingerprint density at radius 3 is 2.13 bits per heavy atom. The maximum Gasteiger partial charge on any atom is 0.0600 e. The fourth-order valence-electron chi connectivity index (χ4n) is 3.86. The van der Waals surface area contributed by atoms with E-state index in [2.05, 4.69) is 80.4 Å². The van der Waals surface area contributed by atoms with Gasteiger partial charge in [-0.25, -0.2) is 0 Å². The number of thioether (sulfide) groups is 1. The molecule has 0 bridgehead atoms. The Morgan fingerprint density at radius 2 is 1.43 bits per heavy atom. The van der Waals surface area contributed by atoms with Gasteiger partial charge in [-0.3, -0.25) is 9.97 Å². The molecule has 0 amide bonds. The van der Waals surface area contributed by atoms with Crippen LogP contribution >= 0.6 is 11.8 Å². The molecule has 0 N–H and O–H groups in total. The van der Waals surface area contributed by atoms with Gasteiger partial charge in [-0.15, -0.1) is 11.8 Å². The highest BCUT2D eigenvalue weighted by Gasteiger charge is 2.21. The number of para-hydroxylation sites is 2. The van der Waals surface area contributed by atoms with E-state index in [1.165, 1.54) is 21.8 Å². The first kappa shape index (κ1) is 18.7. The van der Waals surface area contributed by atoms with E-state index in [-0.39, 0.29) is 0 Å². The summed E-state index contributed by atoms with van der Waals surface area (Å²) < 4.78 is 0. The second kappa shape index (κ2) is 8.59. The molecule has 2 aromatic carbocycles. The molecule has 0 saturated heterocycles. The molecule has 30 heavy (non-hydrogen) atoms. The minimum atomic E-state index is 0.735. The molecule has 2 aromatic heterocycles. The molecule has 0 saturated carbocycles. The first-order valence-corrected chi connectivity index (χ1v) is 11.0. The van der Waals surface area contributed by atoms with Crippen LogP contribution in [0.1, 0.15) is 5.56 Å². The molecule has 0 radical (unpaired) electrons. The molecule has 148 valence electrons. The van der Waals surface area contributed by atoms with Crippen LogP contribution in [-0.2, 0) is 6.54 Å². The molecule has 5 rings (SSSR count). The van der Waals surface area contributed by atoms with Crippen LogP contribution in [0, 0.1) is 0 Å². The fraction of sp³-hybridized carbons (Fsp3) is 0.120. The Morgan fingerprint density at radius 1 is 0.767 bits per heavy atom. The van der Waals surface area contributed by atoms with E-state index >= 15 is 0 Å². The van der Waals surface area contributed by atoms with Gasteiger partial charge in [0.15, 0.2) is 0 Å². The molecule has 4 nitrogen and oxygen atoms in total. The van der Waals surface area contributed by atoms with E-state index in [9.17, 15) is 0 Å². The number of nitrogens with zero attached hydrogens (tertiary/aromatic N) is 4. The summed E-state index contributed by atoms with van der Waals surface area (Å²) in [6.07, 6.45) is 7.42. The average Bonchev–Trinajstić information content (AvgIpc) is 2.83. The van der Waals surface area contributed by atoms with Crippen molar-refractivity contribution in [3.63, 3.8) is 0 Å². The molecule has 4 aromatic rings. The van der Waals surface area contributed by atoms with Crippen molar-refractivity contribution < 1.29 is 0 Å². The van der Waals surface area contributed by atoms with E-state index in [1.807, 2.05) is 36.3 Å². The number of aromatic nitrogens is 2. The zero-order valence-corrected chi connectivity index (χ0v) is 17.4. The topological polar surface area (TPSA) is 32.3 Å². The van der Waals surface area contributed by atoms with E-state index in [0.29, 0.717) is 0 Å². The number of hydrogen-bond donors (Lipinski definition) is 0. The second-order valence-corrected chi connectivity index (χ2v) is 8.24. The third-order valence-electron chi connectivity index (χ3n) is 5.25. The molecule has 0 atom stereocenters. The van der Waals surface area contributed by atoms with Gasteiger partial charge in [0, 0.05) is 35.3 Å². The summed E-state index contributed by atoms with van der Waals surface area (Å²) in [6, 6.07) is 25.5. The summed E-state index contributed by atoms with van der Waals surface area (Å²) in [4.78, 5) is 14.7. The van der Waals surface area contributed by atoms with Crippen molar-refractivity contribution in [3.8, 4) is 0 Å². The smallest absolute Gasteiger partial charge is 0.0600 e. The molecule has 3 heterocycles. The fourth-order valence-corrected chi connectivity index (χ4v) is 4.85. The lowest BCUT2D eigenvalue weighted by atomic mass is 10.1. The predicted molar refractivity (Wildman–Crippen MR) is 125 cm³/mol. The summed E-state index contributed by atoms with van der Waals surface area (Å²) in [6.45, 7) is 1.73. The SMILES string of the molecule is c1cncc(N(Cc2ccccc2N2CCSc3ccccc32)c2cccnc2)c1. The van der Waals surface area contributed by atoms with Gasteiger partial charge in [0.25, 0.3) is 0 Å². The van der Waals surface area contributed by atoms with Crippen LogP contribution in [0.5, 0.6) is 0 Å². The highest BCUT2D eigenvalue weighted by atomic mass is 32.2. The third-order valence-corrected chi connectivity index (χ3v) is 6.30. The van der Waals surface area contributed by atoms with Crippen LogP contribution in [-0.4, -0.2) is 22.3 Å². The summed E-state index contributed by atoms with van der Waals surface area (Å²) in [5.41, 5.74) is 5.91. The number of pyridine rings is 2. The number of fused-ring (bicyclic) bond motifs is 1. The van der Waals surface area contributed by atoms with E-state index in [4.69, 9.17) is 0 Å². The van der Waals surface area contributed by atoms with Gasteiger partial charge < -0.3 is 9.80 Å². The Balaban J connectivity index is 1.55. The maximum atomic E-state index is 4.34. The standard InChI is InChI=1S/C25H22N4S/c1-2-10-23(28-15-16-30-25-12-4-3-11-24(25)28)20(7-1)19-29(21-8-5-13-26-17-21)22-9-6-14-27-18-22/h1-14,17-18H,15-16,19H2. The number of rotatable bonds is 5. The summed E-state index contributed by atoms with van der Waals surface area (Å²) in [5, 5.41) is 0. The van der Waals surface area contributed by atoms with Crippen molar-refractivity contribution in [2.24, 2.45) is 0 Å². The Labute approximate surface area is 181 Å². The minimum absolute atomic E-state index is 0.735. The van der Waals surface area contributed by atoms with Crippen molar-refractivity contribution in [1.82, 2.24) is 9.97 Å². The maximum absolute atomic E-state index is 4.34. The van der Waals surface area contributed by atoms with Crippen LogP contribution < -0.4 is 9.80 Å². The molecular weight excluding hydrogens is 388 g/mol. The van der Waals surface area contributed by atoms with E-state index in [1.54, 1.807) is 12.4 Å². The van der Waals surface area contributed by atoms with Gasteiger partial charge in [-0.1, -0.05) is 30.3 Å². The predicted octanol–water partition coefficient (Wildman–Crippen LogP) is 6.06. The molecule has 5 heteroatoms. The van der Waals surface area contributed by atoms with Crippen molar-refractivity contribution in [2.45, 2.75) is 11.4 Å². The minimum Gasteiger partial charge on any atom is -0.339 e. The first-order valence-electron chi connectivity index (χ1n) is 10.0. The monoisotopic (exact) mass is 410 g/mol. The van der Waals surface area contributed by atoms with Crippen molar-refractivity contribution >= 4 is 34.5 Å². The Kier molecular flexibility index (Phi) is 5.36. The van der Waals surface area contributed by atoms with E-state index in [0.717, 1.165) is 30.2 Å². The van der Waals surface area contributed by atoms with Gasteiger partial charge in [0.05, 0.1) is 36.0 Å². The molecule has 0 unspecified atom stereocenters. The lowest BCUT2D eigenvalue weighted by Gasteiger charge is -2.33. The van der Waals surface area contributed by atoms with Gasteiger partial charge >= 0.3 is 0 Å². The van der Waals surface area contributed by atoms with Crippen molar-refractivity contribution in [1.29, 1.82) is 0 Å². The lowest BCUT2D eigenvalue weighted by Crippen LogP contribution is -2.26. The zero-order valence-electron chi connectivity index (χ0n) is 16.6. The number of anilines is 4. The number of hydrogen-bond acceptors (Lipinski definition) is 5. The summed E-state index contributed by atoms with van der Waals surface area (Å²) in [7, 11) is 0. The van der Waals surface area contributed by atoms with Crippen LogP contribution in [0.15, 0.2) is 102 Å². The quantitative estimate of drug-likeness (QED) is 0.399. The van der Waals surface area contributed by atoms with Crippen LogP contribution in [0.3, 0.4) is 0 Å². The largest absolute Gasteiger partial charge is 0.339 e.